The van der Waals surface area contributed by atoms with Gasteiger partial charge in [0.15, 0.2) is 0 Å². The van der Waals surface area contributed by atoms with Crippen LogP contribution in [0.5, 0.6) is 0 Å². The lowest BCUT2D eigenvalue weighted by molar-refractivity contribution is -0.145. The molecule has 0 bridgehead atoms. The van der Waals surface area contributed by atoms with Crippen LogP contribution in [0.2, 0.25) is 0 Å². The summed E-state index contributed by atoms with van der Waals surface area (Å²) < 4.78 is 36.4. The molecule has 0 aromatic heterocycles. The lowest BCUT2D eigenvalue weighted by atomic mass is 10.1. The Bertz CT molecular complexity index is 432. The van der Waals surface area contributed by atoms with Gasteiger partial charge in [-0.1, -0.05) is 45.4 Å². The van der Waals surface area contributed by atoms with Crippen LogP contribution in [0.3, 0.4) is 0 Å². The fourth-order valence-corrected chi connectivity index (χ4v) is 2.75. The average Bonchev–Trinajstić information content (AvgIpc) is 2.82. The van der Waals surface area contributed by atoms with Crippen LogP contribution in [-0.4, -0.2) is 91.7 Å². The maximum Gasteiger partial charge on any atom is 0.307 e. The van der Waals surface area contributed by atoms with E-state index in [0.717, 1.165) is 12.8 Å². The number of carbonyl (C=O) groups excluding carboxylic acids is 2. The Balaban J connectivity index is 3.13. The largest absolute Gasteiger partial charge is 0.469 e. The van der Waals surface area contributed by atoms with Crippen molar-refractivity contribution in [2.75, 3.05) is 79.8 Å². The second-order valence-corrected chi connectivity index (χ2v) is 7.48. The summed E-state index contributed by atoms with van der Waals surface area (Å²) in [6, 6.07) is 0. The predicted octanol–water partition coefficient (Wildman–Crippen LogP) is 3.32. The molecule has 196 valence electrons. The molecule has 0 N–H and O–H groups in total. The summed E-state index contributed by atoms with van der Waals surface area (Å²) in [7, 11) is 1.35. The van der Waals surface area contributed by atoms with Gasteiger partial charge in [0.05, 0.1) is 79.6 Å². The molecule has 0 atom stereocenters. The summed E-state index contributed by atoms with van der Waals surface area (Å²) in [6.07, 6.45) is 9.05. The highest BCUT2D eigenvalue weighted by Crippen LogP contribution is 2.08. The van der Waals surface area contributed by atoms with E-state index in [2.05, 4.69) is 11.7 Å². The predicted molar refractivity (Wildman–Crippen MR) is 124 cm³/mol. The van der Waals surface area contributed by atoms with E-state index >= 15 is 0 Å². The fourth-order valence-electron chi connectivity index (χ4n) is 2.75. The van der Waals surface area contributed by atoms with Gasteiger partial charge in [-0.05, 0) is 6.42 Å². The quantitative estimate of drug-likeness (QED) is 0.137. The number of unbranched alkanes of at least 4 members (excludes halogenated alkanes) is 6. The number of hydrogen-bond donors (Lipinski definition) is 0. The van der Waals surface area contributed by atoms with Crippen LogP contribution in [0.1, 0.15) is 64.7 Å². The van der Waals surface area contributed by atoms with Crippen LogP contribution in [0.25, 0.3) is 0 Å². The zero-order valence-corrected chi connectivity index (χ0v) is 20.8. The first-order valence-corrected chi connectivity index (χ1v) is 12.3. The van der Waals surface area contributed by atoms with Crippen molar-refractivity contribution in [2.45, 2.75) is 64.7 Å². The number of carbonyl (C=O) groups is 2. The van der Waals surface area contributed by atoms with Crippen molar-refractivity contribution >= 4 is 11.9 Å². The van der Waals surface area contributed by atoms with Gasteiger partial charge in [-0.2, -0.15) is 0 Å². The van der Waals surface area contributed by atoms with Crippen molar-refractivity contribution < 1.29 is 42.7 Å². The molecule has 0 unspecified atom stereocenters. The molecule has 0 rings (SSSR count). The molecule has 0 radical (unpaired) electrons. The fraction of sp³-hybridized carbons (Fsp3) is 0.917. The molecule has 9 heteroatoms. The molecule has 33 heavy (non-hydrogen) atoms. The van der Waals surface area contributed by atoms with Gasteiger partial charge < -0.3 is 33.2 Å². The maximum absolute atomic E-state index is 11.6. The summed E-state index contributed by atoms with van der Waals surface area (Å²) in [5, 5.41) is 0. The molecule has 0 aliphatic heterocycles. The Kier molecular flexibility index (Phi) is 26.0. The third-order valence-corrected chi connectivity index (χ3v) is 4.64. The Morgan fingerprint density at radius 3 is 1.39 bits per heavy atom. The lowest BCUT2D eigenvalue weighted by Crippen LogP contribution is -2.15. The van der Waals surface area contributed by atoms with Gasteiger partial charge in [-0.15, -0.1) is 0 Å². The van der Waals surface area contributed by atoms with Crippen LogP contribution >= 0.6 is 0 Å². The number of ether oxygens (including phenoxy) is 7. The molecule has 0 saturated heterocycles. The van der Waals surface area contributed by atoms with Crippen LogP contribution in [0.4, 0.5) is 0 Å². The molecule has 0 fully saturated rings. The monoisotopic (exact) mass is 478 g/mol. The molecule has 0 aliphatic rings. The summed E-state index contributed by atoms with van der Waals surface area (Å²) >= 11 is 0. The lowest BCUT2D eigenvalue weighted by Gasteiger charge is -2.08. The molecule has 0 aromatic rings. The SMILES string of the molecule is CCCCCCCCCC(=O)OCCOCCOCCOCCOCCOCCC(=O)OC. The Hall–Kier alpha value is -1.26. The van der Waals surface area contributed by atoms with Crippen molar-refractivity contribution in [1.82, 2.24) is 0 Å². The zero-order chi connectivity index (χ0) is 24.2. The standard InChI is InChI=1S/C24H46O9/c1-3-4-5-6-7-8-9-10-24(26)33-22-21-32-20-19-31-18-17-30-16-15-29-14-13-28-12-11-23(25)27-2/h3-22H2,1-2H3. The van der Waals surface area contributed by atoms with Gasteiger partial charge in [-0.3, -0.25) is 9.59 Å². The van der Waals surface area contributed by atoms with Gasteiger partial charge >= 0.3 is 11.9 Å². The molecule has 0 aliphatic carbocycles. The Morgan fingerprint density at radius 2 is 0.909 bits per heavy atom. The number of methoxy groups -OCH3 is 1. The molecular formula is C24H46O9. The highest BCUT2D eigenvalue weighted by Gasteiger charge is 2.02. The second-order valence-electron chi connectivity index (χ2n) is 7.48. The summed E-state index contributed by atoms with van der Waals surface area (Å²) in [4.78, 5) is 22.5. The first kappa shape index (κ1) is 31.7. The maximum atomic E-state index is 11.6. The minimum absolute atomic E-state index is 0.143. The third-order valence-electron chi connectivity index (χ3n) is 4.64. The Morgan fingerprint density at radius 1 is 0.485 bits per heavy atom. The molecule has 0 aromatic carbocycles. The molecule has 0 heterocycles. The van der Waals surface area contributed by atoms with Crippen molar-refractivity contribution in [3.05, 3.63) is 0 Å². The molecular weight excluding hydrogens is 432 g/mol. The van der Waals surface area contributed by atoms with Gasteiger partial charge in [-0.25, -0.2) is 0 Å². The summed E-state index contributed by atoms with van der Waals surface area (Å²) in [6.45, 7) is 6.92. The third kappa shape index (κ3) is 26.9. The summed E-state index contributed by atoms with van der Waals surface area (Å²) in [5.41, 5.74) is 0. The van der Waals surface area contributed by atoms with E-state index in [1.807, 2.05) is 0 Å². The van der Waals surface area contributed by atoms with Crippen LogP contribution < -0.4 is 0 Å². The first-order valence-electron chi connectivity index (χ1n) is 12.3. The minimum Gasteiger partial charge on any atom is -0.469 e. The van der Waals surface area contributed by atoms with Gasteiger partial charge in [0.2, 0.25) is 0 Å². The Labute approximate surface area is 199 Å². The second kappa shape index (κ2) is 27.0. The number of esters is 2. The first-order chi connectivity index (χ1) is 16.2. The van der Waals surface area contributed by atoms with Gasteiger partial charge in [0.25, 0.3) is 0 Å². The van der Waals surface area contributed by atoms with E-state index in [9.17, 15) is 9.59 Å². The topological polar surface area (TPSA) is 98.8 Å². The molecule has 9 nitrogen and oxygen atoms in total. The van der Waals surface area contributed by atoms with Crippen LogP contribution in [0.15, 0.2) is 0 Å². The van der Waals surface area contributed by atoms with Gasteiger partial charge in [0, 0.05) is 6.42 Å². The van der Waals surface area contributed by atoms with E-state index in [-0.39, 0.29) is 25.0 Å². The molecule has 0 saturated carbocycles. The van der Waals surface area contributed by atoms with Crippen LogP contribution in [0, 0.1) is 0 Å². The van der Waals surface area contributed by atoms with Crippen LogP contribution in [-0.2, 0) is 42.7 Å². The van der Waals surface area contributed by atoms with E-state index in [1.165, 1.54) is 39.2 Å². The van der Waals surface area contributed by atoms with E-state index in [4.69, 9.17) is 28.4 Å². The van der Waals surface area contributed by atoms with Crippen molar-refractivity contribution in [3.63, 3.8) is 0 Å². The van der Waals surface area contributed by atoms with Crippen molar-refractivity contribution in [2.24, 2.45) is 0 Å². The molecule has 0 spiro atoms. The van der Waals surface area contributed by atoms with Crippen molar-refractivity contribution in [1.29, 1.82) is 0 Å². The van der Waals surface area contributed by atoms with Crippen molar-refractivity contribution in [3.8, 4) is 0 Å². The van der Waals surface area contributed by atoms with Gasteiger partial charge in [0.1, 0.15) is 6.61 Å². The minimum atomic E-state index is -0.284. The van der Waals surface area contributed by atoms with E-state index < -0.39 is 0 Å². The number of hydrogen-bond acceptors (Lipinski definition) is 9. The normalized spacial score (nSPS) is 11.0. The number of rotatable bonds is 26. The molecule has 0 amide bonds. The summed E-state index contributed by atoms with van der Waals surface area (Å²) in [5.74, 6) is -0.427. The zero-order valence-electron chi connectivity index (χ0n) is 20.8. The smallest absolute Gasteiger partial charge is 0.307 e. The average molecular weight is 479 g/mol. The van der Waals surface area contributed by atoms with E-state index in [1.54, 1.807) is 0 Å². The highest BCUT2D eigenvalue weighted by molar-refractivity contribution is 5.69. The highest BCUT2D eigenvalue weighted by atomic mass is 16.6. The van der Waals surface area contributed by atoms with E-state index in [0.29, 0.717) is 72.5 Å².